The van der Waals surface area contributed by atoms with Crippen LogP contribution in [0.2, 0.25) is 0 Å². The summed E-state index contributed by atoms with van der Waals surface area (Å²) >= 11 is 1.51. The van der Waals surface area contributed by atoms with Crippen LogP contribution < -0.4 is 14.4 Å². The zero-order valence-corrected chi connectivity index (χ0v) is 29.2. The van der Waals surface area contributed by atoms with Crippen LogP contribution in [0.25, 0.3) is 0 Å². The van der Waals surface area contributed by atoms with Crippen molar-refractivity contribution in [3.05, 3.63) is 120 Å². The molecule has 10 heteroatoms. The van der Waals surface area contributed by atoms with Crippen LogP contribution in [-0.4, -0.2) is 56.6 Å². The monoisotopic (exact) mass is 673 g/mol. The third kappa shape index (κ3) is 9.39. The van der Waals surface area contributed by atoms with Crippen molar-refractivity contribution in [2.75, 3.05) is 23.7 Å². The SMILES string of the molecule is CCOc1ccc(N(CC(=O)N(Cc2ccccc2C)C(Cc2ccccc2)C(=O)NC(C)C)S(=O)(=O)c2ccc(SC)cc2)cc1. The van der Waals surface area contributed by atoms with E-state index in [-0.39, 0.29) is 29.8 Å². The third-order valence-electron chi connectivity index (χ3n) is 7.67. The second-order valence-electron chi connectivity index (χ2n) is 11.4. The number of hydrogen-bond acceptors (Lipinski definition) is 6. The standard InChI is InChI=1S/C37H43N3O5S2/c1-6-45-32-18-16-31(17-19-32)40(47(43,44)34-22-20-33(46-5)21-23-34)26-36(41)39(25-30-15-11-10-12-28(30)4)35(37(42)38-27(2)3)24-29-13-8-7-9-14-29/h7-23,27,35H,6,24-26H2,1-5H3,(H,38,42). The maximum Gasteiger partial charge on any atom is 0.264 e. The second-order valence-corrected chi connectivity index (χ2v) is 14.2. The highest BCUT2D eigenvalue weighted by Crippen LogP contribution is 2.28. The van der Waals surface area contributed by atoms with Gasteiger partial charge in [0.15, 0.2) is 0 Å². The number of hydrogen-bond donors (Lipinski definition) is 1. The maximum atomic E-state index is 14.6. The van der Waals surface area contributed by atoms with Gasteiger partial charge < -0.3 is 15.0 Å². The van der Waals surface area contributed by atoms with E-state index in [1.807, 2.05) is 88.5 Å². The molecule has 4 aromatic rings. The Labute approximate surface area is 283 Å². The highest BCUT2D eigenvalue weighted by molar-refractivity contribution is 7.98. The van der Waals surface area contributed by atoms with Gasteiger partial charge in [-0.1, -0.05) is 54.6 Å². The number of ether oxygens (including phenoxy) is 1. The Morgan fingerprint density at radius 2 is 1.51 bits per heavy atom. The van der Waals surface area contributed by atoms with Gasteiger partial charge in [0.25, 0.3) is 10.0 Å². The molecular weight excluding hydrogens is 631 g/mol. The molecule has 1 N–H and O–H groups in total. The Kier molecular flexibility index (Phi) is 12.5. The number of nitrogens with one attached hydrogen (secondary N) is 1. The van der Waals surface area contributed by atoms with Gasteiger partial charge in [0.1, 0.15) is 18.3 Å². The van der Waals surface area contributed by atoms with Crippen LogP contribution in [0.3, 0.4) is 0 Å². The van der Waals surface area contributed by atoms with E-state index in [1.165, 1.54) is 16.7 Å². The van der Waals surface area contributed by atoms with E-state index in [0.29, 0.717) is 18.0 Å². The lowest BCUT2D eigenvalue weighted by atomic mass is 10.0. The average molecular weight is 674 g/mol. The predicted molar refractivity (Wildman–Crippen MR) is 189 cm³/mol. The molecule has 0 saturated heterocycles. The first-order valence-electron chi connectivity index (χ1n) is 15.6. The molecule has 0 bridgehead atoms. The molecule has 0 spiro atoms. The van der Waals surface area contributed by atoms with E-state index >= 15 is 0 Å². The minimum atomic E-state index is -4.20. The molecule has 0 heterocycles. The lowest BCUT2D eigenvalue weighted by Crippen LogP contribution is -2.54. The summed E-state index contributed by atoms with van der Waals surface area (Å²) in [6, 6.07) is 29.3. The lowest BCUT2D eigenvalue weighted by Gasteiger charge is -2.34. The van der Waals surface area contributed by atoms with E-state index in [0.717, 1.165) is 25.9 Å². The third-order valence-corrected chi connectivity index (χ3v) is 10.2. The van der Waals surface area contributed by atoms with Gasteiger partial charge >= 0.3 is 0 Å². The molecule has 4 rings (SSSR count). The number of thioether (sulfide) groups is 1. The van der Waals surface area contributed by atoms with Gasteiger partial charge in [0.2, 0.25) is 11.8 Å². The molecule has 0 aliphatic rings. The topological polar surface area (TPSA) is 96.0 Å². The van der Waals surface area contributed by atoms with Gasteiger partial charge in [0, 0.05) is 23.9 Å². The number of amides is 2. The number of sulfonamides is 1. The molecular formula is C37H43N3O5S2. The van der Waals surface area contributed by atoms with Gasteiger partial charge in [-0.2, -0.15) is 0 Å². The summed E-state index contributed by atoms with van der Waals surface area (Å²) in [5.74, 6) is -0.237. The number of anilines is 1. The predicted octanol–water partition coefficient (Wildman–Crippen LogP) is 6.48. The van der Waals surface area contributed by atoms with Crippen LogP contribution in [0.5, 0.6) is 5.75 Å². The molecule has 4 aromatic carbocycles. The highest BCUT2D eigenvalue weighted by atomic mass is 32.2. The van der Waals surface area contributed by atoms with Crippen molar-refractivity contribution < 1.29 is 22.7 Å². The largest absolute Gasteiger partial charge is 0.494 e. The van der Waals surface area contributed by atoms with Gasteiger partial charge in [-0.05, 0) is 99.2 Å². The number of benzene rings is 4. The first-order chi connectivity index (χ1) is 22.5. The minimum Gasteiger partial charge on any atom is -0.494 e. The summed E-state index contributed by atoms with van der Waals surface area (Å²) in [4.78, 5) is 31.0. The summed E-state index contributed by atoms with van der Waals surface area (Å²) in [5, 5.41) is 2.99. The van der Waals surface area contributed by atoms with E-state index in [2.05, 4.69) is 5.32 Å². The van der Waals surface area contributed by atoms with Crippen LogP contribution >= 0.6 is 11.8 Å². The number of nitrogens with zero attached hydrogens (tertiary/aromatic N) is 2. The zero-order valence-electron chi connectivity index (χ0n) is 27.6. The van der Waals surface area contributed by atoms with E-state index < -0.39 is 28.5 Å². The van der Waals surface area contributed by atoms with E-state index in [4.69, 9.17) is 4.74 Å². The highest BCUT2D eigenvalue weighted by Gasteiger charge is 2.35. The van der Waals surface area contributed by atoms with Gasteiger partial charge in [-0.3, -0.25) is 13.9 Å². The first-order valence-corrected chi connectivity index (χ1v) is 18.3. The van der Waals surface area contributed by atoms with Crippen molar-refractivity contribution in [1.82, 2.24) is 10.2 Å². The molecule has 2 amide bonds. The van der Waals surface area contributed by atoms with Crippen LogP contribution in [-0.2, 0) is 32.6 Å². The minimum absolute atomic E-state index is 0.0563. The van der Waals surface area contributed by atoms with Crippen molar-refractivity contribution in [3.8, 4) is 5.75 Å². The van der Waals surface area contributed by atoms with Crippen molar-refractivity contribution in [2.45, 2.75) is 62.5 Å². The van der Waals surface area contributed by atoms with Crippen molar-refractivity contribution in [2.24, 2.45) is 0 Å². The van der Waals surface area contributed by atoms with Gasteiger partial charge in [-0.15, -0.1) is 11.8 Å². The summed E-state index contributed by atoms with van der Waals surface area (Å²) in [6.45, 7) is 7.61. The smallest absolute Gasteiger partial charge is 0.264 e. The normalized spacial score (nSPS) is 12.0. The molecule has 1 atom stereocenters. The second kappa shape index (κ2) is 16.5. The summed E-state index contributed by atoms with van der Waals surface area (Å²) < 4.78 is 35.3. The zero-order chi connectivity index (χ0) is 34.0. The molecule has 0 aromatic heterocycles. The number of carbonyl (C=O) groups excluding carboxylic acids is 2. The fraction of sp³-hybridized carbons (Fsp3) is 0.297. The maximum absolute atomic E-state index is 14.6. The molecule has 1 unspecified atom stereocenters. The Hall–Kier alpha value is -4.28. The number of carbonyl (C=O) groups is 2. The fourth-order valence-electron chi connectivity index (χ4n) is 5.18. The summed E-state index contributed by atoms with van der Waals surface area (Å²) in [6.07, 6.45) is 2.17. The Morgan fingerprint density at radius 3 is 2.11 bits per heavy atom. The van der Waals surface area contributed by atoms with Crippen LogP contribution in [0.1, 0.15) is 37.5 Å². The molecule has 0 aliphatic carbocycles. The van der Waals surface area contributed by atoms with Crippen molar-refractivity contribution >= 4 is 39.3 Å². The molecule has 0 radical (unpaired) electrons. The first kappa shape index (κ1) is 35.6. The molecule has 248 valence electrons. The average Bonchev–Trinajstić information content (AvgIpc) is 3.06. The van der Waals surface area contributed by atoms with Crippen LogP contribution in [0.15, 0.2) is 113 Å². The van der Waals surface area contributed by atoms with Gasteiger partial charge in [0.05, 0.1) is 17.2 Å². The Morgan fingerprint density at radius 1 is 0.872 bits per heavy atom. The molecule has 0 aliphatic heterocycles. The number of rotatable bonds is 15. The van der Waals surface area contributed by atoms with Gasteiger partial charge in [-0.25, -0.2) is 8.42 Å². The lowest BCUT2D eigenvalue weighted by molar-refractivity contribution is -0.140. The van der Waals surface area contributed by atoms with Crippen LogP contribution in [0, 0.1) is 6.92 Å². The van der Waals surface area contributed by atoms with E-state index in [9.17, 15) is 18.0 Å². The van der Waals surface area contributed by atoms with E-state index in [1.54, 1.807) is 48.5 Å². The Balaban J connectivity index is 1.81. The molecule has 0 saturated carbocycles. The quantitative estimate of drug-likeness (QED) is 0.145. The molecule has 8 nitrogen and oxygen atoms in total. The summed E-state index contributed by atoms with van der Waals surface area (Å²) in [5.41, 5.74) is 3.00. The summed E-state index contributed by atoms with van der Waals surface area (Å²) in [7, 11) is -4.20. The molecule has 47 heavy (non-hydrogen) atoms. The van der Waals surface area contributed by atoms with Crippen molar-refractivity contribution in [3.63, 3.8) is 0 Å². The van der Waals surface area contributed by atoms with Crippen molar-refractivity contribution in [1.29, 1.82) is 0 Å². The van der Waals surface area contributed by atoms with Crippen LogP contribution in [0.4, 0.5) is 5.69 Å². The fourth-order valence-corrected chi connectivity index (χ4v) is 7.01. The number of aryl methyl sites for hydroxylation is 1. The Bertz CT molecular complexity index is 1730. The molecule has 0 fully saturated rings.